The largest absolute Gasteiger partial charge is 0.490 e. The van der Waals surface area contributed by atoms with Gasteiger partial charge in [-0.05, 0) is 84.4 Å². The van der Waals surface area contributed by atoms with Crippen molar-refractivity contribution in [1.82, 2.24) is 10.3 Å². The summed E-state index contributed by atoms with van der Waals surface area (Å²) in [7, 11) is 0. The van der Waals surface area contributed by atoms with Crippen LogP contribution in [0.1, 0.15) is 104 Å². The Balaban J connectivity index is 1.79. The lowest BCUT2D eigenvalue weighted by atomic mass is 9.82. The van der Waals surface area contributed by atoms with E-state index in [9.17, 15) is 24.0 Å². The summed E-state index contributed by atoms with van der Waals surface area (Å²) < 4.78 is 11.2. The number of aromatic amines is 1. The molecule has 0 spiro atoms. The van der Waals surface area contributed by atoms with Crippen LogP contribution in [0.5, 0.6) is 5.75 Å². The Morgan fingerprint density at radius 1 is 1.07 bits per heavy atom. The van der Waals surface area contributed by atoms with Gasteiger partial charge in [0, 0.05) is 35.6 Å². The number of nitrogens with one attached hydrogen (secondary N) is 2. The number of rotatable bonds is 14. The number of H-pyrrole nitrogens is 1. The lowest BCUT2D eigenvalue weighted by Crippen LogP contribution is -2.47. The molecule has 3 rings (SSSR count). The molecule has 0 radical (unpaired) electrons. The van der Waals surface area contributed by atoms with E-state index in [1.54, 1.807) is 26.8 Å². The molecular formula is C34H48N2O7. The van der Waals surface area contributed by atoms with Crippen LogP contribution < -0.4 is 10.1 Å². The van der Waals surface area contributed by atoms with Crippen LogP contribution in [-0.2, 0) is 23.9 Å². The number of amides is 1. The summed E-state index contributed by atoms with van der Waals surface area (Å²) in [5, 5.41) is 3.64. The van der Waals surface area contributed by atoms with Crippen molar-refractivity contribution < 1.29 is 33.4 Å². The second-order valence-corrected chi connectivity index (χ2v) is 13.5. The first-order valence-electron chi connectivity index (χ1n) is 15.5. The molecule has 9 nitrogen and oxygen atoms in total. The van der Waals surface area contributed by atoms with Gasteiger partial charge in [-0.3, -0.25) is 24.0 Å². The lowest BCUT2D eigenvalue weighted by Gasteiger charge is -2.27. The van der Waals surface area contributed by atoms with Crippen LogP contribution in [0.4, 0.5) is 0 Å². The van der Waals surface area contributed by atoms with Crippen LogP contribution in [0, 0.1) is 23.2 Å². The normalized spacial score (nSPS) is 17.1. The molecule has 0 unspecified atom stereocenters. The van der Waals surface area contributed by atoms with E-state index in [0.29, 0.717) is 30.7 Å². The minimum absolute atomic E-state index is 0.0321. The first kappa shape index (κ1) is 34.0. The van der Waals surface area contributed by atoms with Gasteiger partial charge in [-0.1, -0.05) is 26.3 Å². The number of carbonyl (C=O) groups is 5. The average molecular weight is 597 g/mol. The van der Waals surface area contributed by atoms with Crippen LogP contribution in [-0.4, -0.2) is 53.0 Å². The van der Waals surface area contributed by atoms with Gasteiger partial charge in [0.15, 0.2) is 18.2 Å². The standard InChI is InChI=1S/C34H48N2O7/c1-20(2)15-23(17-29(38)27-18-24-25(35-27)12-10-14-31(24)43-21(3)4)32(40)36-26(16-22-11-8-9-13-28(22)37)30(39)19-42-33(41)34(5,6)7/h10,12,14,18,20-23,26,35H,8-9,11,13,15-17,19H2,1-7H3,(H,36,40)/t22-,23+,26-/m0/s1. The summed E-state index contributed by atoms with van der Waals surface area (Å²) in [5.74, 6) is -1.82. The Bertz CT molecular complexity index is 1320. The third kappa shape index (κ3) is 9.76. The van der Waals surface area contributed by atoms with Gasteiger partial charge in [0.05, 0.1) is 23.3 Å². The Kier molecular flexibility index (Phi) is 11.7. The molecule has 1 saturated carbocycles. The molecule has 3 atom stereocenters. The second-order valence-electron chi connectivity index (χ2n) is 13.5. The molecule has 9 heteroatoms. The lowest BCUT2D eigenvalue weighted by molar-refractivity contribution is -0.156. The fraction of sp³-hybridized carbons (Fsp3) is 0.618. The summed E-state index contributed by atoms with van der Waals surface area (Å²) >= 11 is 0. The fourth-order valence-corrected chi connectivity index (χ4v) is 5.42. The van der Waals surface area contributed by atoms with Crippen LogP contribution in [0.2, 0.25) is 0 Å². The van der Waals surface area contributed by atoms with Crippen LogP contribution in [0.3, 0.4) is 0 Å². The predicted molar refractivity (Wildman–Crippen MR) is 165 cm³/mol. The van der Waals surface area contributed by atoms with E-state index in [1.807, 2.05) is 45.9 Å². The molecule has 0 aliphatic heterocycles. The van der Waals surface area contributed by atoms with Crippen molar-refractivity contribution in [3.8, 4) is 5.75 Å². The topological polar surface area (TPSA) is 132 Å². The first-order chi connectivity index (χ1) is 20.1. The Morgan fingerprint density at radius 3 is 2.42 bits per heavy atom. The Hall–Kier alpha value is -3.49. The van der Waals surface area contributed by atoms with Crippen molar-refractivity contribution in [3.63, 3.8) is 0 Å². The number of hydrogen-bond donors (Lipinski definition) is 2. The van der Waals surface area contributed by atoms with Gasteiger partial charge in [-0.15, -0.1) is 0 Å². The molecule has 0 bridgehead atoms. The zero-order valence-electron chi connectivity index (χ0n) is 26.7. The van der Waals surface area contributed by atoms with Gasteiger partial charge in [-0.2, -0.15) is 0 Å². The molecule has 1 heterocycles. The predicted octanol–water partition coefficient (Wildman–Crippen LogP) is 5.98. The summed E-state index contributed by atoms with van der Waals surface area (Å²) in [6.07, 6.45) is 3.30. The molecule has 0 saturated heterocycles. The van der Waals surface area contributed by atoms with Gasteiger partial charge in [0.25, 0.3) is 0 Å². The zero-order valence-corrected chi connectivity index (χ0v) is 26.7. The number of benzene rings is 1. The molecule has 2 N–H and O–H groups in total. The number of ether oxygens (including phenoxy) is 2. The second kappa shape index (κ2) is 14.8. The molecule has 1 aliphatic carbocycles. The molecule has 1 aliphatic rings. The molecular weight excluding hydrogens is 548 g/mol. The molecule has 1 aromatic heterocycles. The summed E-state index contributed by atoms with van der Waals surface area (Å²) in [5.41, 5.74) is 0.357. The van der Waals surface area contributed by atoms with E-state index in [1.165, 1.54) is 0 Å². The smallest absolute Gasteiger partial charge is 0.311 e. The van der Waals surface area contributed by atoms with Crippen LogP contribution in [0.15, 0.2) is 24.3 Å². The SMILES string of the molecule is CC(C)C[C@H](CC(=O)c1cc2c(OC(C)C)cccc2[nH]1)C(=O)N[C@@H](C[C@@H]1CCCCC1=O)C(=O)COC(=O)C(C)(C)C. The number of esters is 1. The molecule has 1 fully saturated rings. The van der Waals surface area contributed by atoms with Gasteiger partial charge >= 0.3 is 5.97 Å². The highest BCUT2D eigenvalue weighted by Crippen LogP contribution is 2.29. The Morgan fingerprint density at radius 2 is 1.79 bits per heavy atom. The molecule has 43 heavy (non-hydrogen) atoms. The quantitative estimate of drug-likeness (QED) is 0.202. The van der Waals surface area contributed by atoms with E-state index in [2.05, 4.69) is 10.3 Å². The van der Waals surface area contributed by atoms with Crippen LogP contribution in [0.25, 0.3) is 10.9 Å². The van der Waals surface area contributed by atoms with E-state index >= 15 is 0 Å². The van der Waals surface area contributed by atoms with Gasteiger partial charge in [0.2, 0.25) is 5.91 Å². The van der Waals surface area contributed by atoms with Gasteiger partial charge in [-0.25, -0.2) is 0 Å². The molecule has 1 aromatic carbocycles. The minimum atomic E-state index is -0.999. The maximum absolute atomic E-state index is 13.7. The highest BCUT2D eigenvalue weighted by Gasteiger charge is 2.34. The maximum Gasteiger partial charge on any atom is 0.311 e. The third-order valence-electron chi connectivity index (χ3n) is 7.71. The molecule has 2 aromatic rings. The highest BCUT2D eigenvalue weighted by atomic mass is 16.5. The number of fused-ring (bicyclic) bond motifs is 1. The van der Waals surface area contributed by atoms with Crippen molar-refractivity contribution in [2.45, 2.75) is 106 Å². The van der Waals surface area contributed by atoms with E-state index in [-0.39, 0.29) is 42.3 Å². The monoisotopic (exact) mass is 596 g/mol. The number of aromatic nitrogens is 1. The van der Waals surface area contributed by atoms with Crippen molar-refractivity contribution >= 4 is 40.1 Å². The molecule has 1 amide bonds. The van der Waals surface area contributed by atoms with Gasteiger partial charge in [0.1, 0.15) is 11.5 Å². The maximum atomic E-state index is 13.7. The third-order valence-corrected chi connectivity index (χ3v) is 7.71. The van der Waals surface area contributed by atoms with E-state index in [4.69, 9.17) is 9.47 Å². The highest BCUT2D eigenvalue weighted by molar-refractivity contribution is 6.02. The van der Waals surface area contributed by atoms with Gasteiger partial charge < -0.3 is 19.8 Å². The summed E-state index contributed by atoms with van der Waals surface area (Å²) in [6, 6.07) is 6.33. The van der Waals surface area contributed by atoms with Crippen molar-refractivity contribution in [2.75, 3.05) is 6.61 Å². The number of Topliss-reactive ketones (excluding diaryl/α,β-unsaturated/α-hetero) is 3. The minimum Gasteiger partial charge on any atom is -0.490 e. The van der Waals surface area contributed by atoms with E-state index in [0.717, 1.165) is 23.7 Å². The van der Waals surface area contributed by atoms with Crippen LogP contribution >= 0.6 is 0 Å². The number of hydrogen-bond acceptors (Lipinski definition) is 7. The summed E-state index contributed by atoms with van der Waals surface area (Å²) in [6.45, 7) is 12.4. The van der Waals surface area contributed by atoms with Crippen molar-refractivity contribution in [3.05, 3.63) is 30.0 Å². The zero-order chi connectivity index (χ0) is 31.9. The summed E-state index contributed by atoms with van der Waals surface area (Å²) in [4.78, 5) is 68.5. The fourth-order valence-electron chi connectivity index (χ4n) is 5.42. The van der Waals surface area contributed by atoms with E-state index < -0.39 is 41.6 Å². The average Bonchev–Trinajstić information content (AvgIpc) is 3.36. The van der Waals surface area contributed by atoms with Crippen molar-refractivity contribution in [2.24, 2.45) is 23.2 Å². The first-order valence-corrected chi connectivity index (χ1v) is 15.5. The molecule has 236 valence electrons. The Labute approximate surface area is 254 Å². The number of ketones is 3. The van der Waals surface area contributed by atoms with Crippen molar-refractivity contribution in [1.29, 1.82) is 0 Å². The number of carbonyl (C=O) groups excluding carboxylic acids is 5.